The van der Waals surface area contributed by atoms with Gasteiger partial charge in [-0.3, -0.25) is 4.79 Å². The van der Waals surface area contributed by atoms with Crippen LogP contribution in [0.2, 0.25) is 0 Å². The molecule has 0 spiro atoms. The van der Waals surface area contributed by atoms with Crippen molar-refractivity contribution in [2.45, 2.75) is 33.6 Å². The van der Waals surface area contributed by atoms with Crippen LogP contribution in [-0.2, 0) is 4.79 Å². The molecule has 6 nitrogen and oxygen atoms in total. The molecule has 6 heteroatoms. The predicted molar refractivity (Wildman–Crippen MR) is 65.0 cm³/mol. The molecule has 96 valence electrons. The van der Waals surface area contributed by atoms with Crippen molar-refractivity contribution in [3.8, 4) is 0 Å². The van der Waals surface area contributed by atoms with Gasteiger partial charge in [-0.05, 0) is 13.8 Å². The van der Waals surface area contributed by atoms with Crippen LogP contribution in [-0.4, -0.2) is 35.7 Å². The van der Waals surface area contributed by atoms with E-state index in [9.17, 15) is 4.79 Å². The van der Waals surface area contributed by atoms with Gasteiger partial charge in [0.05, 0.1) is 0 Å². The first-order valence-corrected chi connectivity index (χ1v) is 5.93. The Balaban J connectivity index is 2.68. The molecule has 0 aliphatic heterocycles. The van der Waals surface area contributed by atoms with Gasteiger partial charge in [0.25, 0.3) is 0 Å². The number of amides is 1. The summed E-state index contributed by atoms with van der Waals surface area (Å²) in [5.41, 5.74) is 0. The van der Waals surface area contributed by atoms with Crippen LogP contribution in [0.25, 0.3) is 0 Å². The number of aromatic nitrogens is 2. The van der Waals surface area contributed by atoms with E-state index in [-0.39, 0.29) is 18.4 Å². The number of carbonyl (C=O) groups excluding carboxylic acids is 1. The van der Waals surface area contributed by atoms with Crippen molar-refractivity contribution in [1.29, 1.82) is 0 Å². The number of carbonyl (C=O) groups is 1. The fraction of sp³-hybridized carbons (Fsp3) is 0.727. The van der Waals surface area contributed by atoms with Crippen LogP contribution in [0.3, 0.4) is 0 Å². The van der Waals surface area contributed by atoms with Gasteiger partial charge in [0, 0.05) is 19.0 Å². The first-order valence-electron chi connectivity index (χ1n) is 5.93. The maximum atomic E-state index is 11.5. The molecular formula is C11H20N4O2. The fourth-order valence-corrected chi connectivity index (χ4v) is 1.33. The third-order valence-corrected chi connectivity index (χ3v) is 2.31. The summed E-state index contributed by atoms with van der Waals surface area (Å²) in [5.74, 6) is 0.837. The smallest absolute Gasteiger partial charge is 0.324 e. The maximum Gasteiger partial charge on any atom is 0.324 e. The molecule has 17 heavy (non-hydrogen) atoms. The predicted octanol–water partition coefficient (Wildman–Crippen LogP) is 1.16. The number of likely N-dealkylation sites (N-methyl/N-ethyl adjacent to an activating group) is 2. The van der Waals surface area contributed by atoms with Gasteiger partial charge in [-0.15, -0.1) is 0 Å². The number of nitrogens with zero attached hydrogens (tertiary/aromatic N) is 3. The van der Waals surface area contributed by atoms with Crippen LogP contribution >= 0.6 is 0 Å². The second-order valence-corrected chi connectivity index (χ2v) is 4.06. The van der Waals surface area contributed by atoms with Crippen molar-refractivity contribution in [2.24, 2.45) is 0 Å². The SMILES string of the molecule is CCNC(=O)CN(CC)c1nc(C(C)C)no1. The van der Waals surface area contributed by atoms with Crippen LogP contribution in [0.4, 0.5) is 6.01 Å². The average molecular weight is 240 g/mol. The van der Waals surface area contributed by atoms with E-state index < -0.39 is 0 Å². The summed E-state index contributed by atoms with van der Waals surface area (Å²) in [6, 6.07) is 0.405. The lowest BCUT2D eigenvalue weighted by Gasteiger charge is -2.16. The molecule has 0 bridgehead atoms. The molecule has 1 aromatic heterocycles. The van der Waals surface area contributed by atoms with Gasteiger partial charge in [0.2, 0.25) is 5.91 Å². The van der Waals surface area contributed by atoms with E-state index in [2.05, 4.69) is 15.5 Å². The van der Waals surface area contributed by atoms with Crippen molar-refractivity contribution in [3.05, 3.63) is 5.82 Å². The summed E-state index contributed by atoms with van der Waals surface area (Å²) in [4.78, 5) is 17.5. The molecular weight excluding hydrogens is 220 g/mol. The minimum atomic E-state index is -0.0429. The summed E-state index contributed by atoms with van der Waals surface area (Å²) in [6.45, 7) is 9.33. The number of hydrogen-bond donors (Lipinski definition) is 1. The van der Waals surface area contributed by atoms with Gasteiger partial charge in [0.1, 0.15) is 6.54 Å². The van der Waals surface area contributed by atoms with Crippen molar-refractivity contribution >= 4 is 11.9 Å². The molecule has 0 unspecified atom stereocenters. The zero-order valence-corrected chi connectivity index (χ0v) is 10.9. The molecule has 0 atom stereocenters. The molecule has 1 rings (SSSR count). The topological polar surface area (TPSA) is 71.3 Å². The summed E-state index contributed by atoms with van der Waals surface area (Å²) in [6.07, 6.45) is 0. The molecule has 0 aliphatic rings. The lowest BCUT2D eigenvalue weighted by molar-refractivity contribution is -0.119. The van der Waals surface area contributed by atoms with Crippen LogP contribution in [0.15, 0.2) is 4.52 Å². The molecule has 1 aromatic rings. The number of rotatable bonds is 6. The Bertz CT molecular complexity index is 362. The molecule has 0 fully saturated rings. The van der Waals surface area contributed by atoms with Gasteiger partial charge < -0.3 is 14.7 Å². The molecule has 0 saturated heterocycles. The van der Waals surface area contributed by atoms with E-state index in [1.807, 2.05) is 27.7 Å². The Morgan fingerprint density at radius 1 is 1.47 bits per heavy atom. The second kappa shape index (κ2) is 6.22. The van der Waals surface area contributed by atoms with Gasteiger partial charge in [0.15, 0.2) is 5.82 Å². The lowest BCUT2D eigenvalue weighted by Crippen LogP contribution is -2.37. The maximum absolute atomic E-state index is 11.5. The van der Waals surface area contributed by atoms with E-state index in [1.165, 1.54) is 0 Å². The average Bonchev–Trinajstić information content (AvgIpc) is 2.75. The molecule has 1 heterocycles. The third-order valence-electron chi connectivity index (χ3n) is 2.31. The van der Waals surface area contributed by atoms with E-state index in [0.29, 0.717) is 24.9 Å². The normalized spacial score (nSPS) is 10.6. The molecule has 0 aliphatic carbocycles. The molecule has 1 amide bonds. The highest BCUT2D eigenvalue weighted by Crippen LogP contribution is 2.15. The summed E-state index contributed by atoms with van der Waals surface area (Å²) >= 11 is 0. The van der Waals surface area contributed by atoms with Crippen molar-refractivity contribution in [3.63, 3.8) is 0 Å². The molecule has 1 N–H and O–H groups in total. The Morgan fingerprint density at radius 3 is 2.65 bits per heavy atom. The summed E-state index contributed by atoms with van der Waals surface area (Å²) in [7, 11) is 0. The molecule has 0 aromatic carbocycles. The Morgan fingerprint density at radius 2 is 2.18 bits per heavy atom. The largest absolute Gasteiger partial charge is 0.355 e. The van der Waals surface area contributed by atoms with Crippen LogP contribution in [0, 0.1) is 0 Å². The van der Waals surface area contributed by atoms with E-state index >= 15 is 0 Å². The number of anilines is 1. The van der Waals surface area contributed by atoms with E-state index in [1.54, 1.807) is 4.90 Å². The molecule has 0 radical (unpaired) electrons. The lowest BCUT2D eigenvalue weighted by atomic mass is 10.2. The minimum absolute atomic E-state index is 0.0429. The van der Waals surface area contributed by atoms with Gasteiger partial charge >= 0.3 is 6.01 Å². The minimum Gasteiger partial charge on any atom is -0.355 e. The first-order chi connectivity index (χ1) is 8.08. The van der Waals surface area contributed by atoms with E-state index in [0.717, 1.165) is 0 Å². The zero-order chi connectivity index (χ0) is 12.8. The highest BCUT2D eigenvalue weighted by molar-refractivity contribution is 5.80. The molecule has 0 saturated carbocycles. The Labute approximate surface area is 101 Å². The van der Waals surface area contributed by atoms with E-state index in [4.69, 9.17) is 4.52 Å². The van der Waals surface area contributed by atoms with Gasteiger partial charge in [-0.25, -0.2) is 0 Å². The monoisotopic (exact) mass is 240 g/mol. The van der Waals surface area contributed by atoms with Crippen molar-refractivity contribution < 1.29 is 9.32 Å². The standard InChI is InChI=1S/C11H20N4O2/c1-5-12-9(16)7-15(6-2)11-13-10(8(3)4)14-17-11/h8H,5-7H2,1-4H3,(H,12,16). The third kappa shape index (κ3) is 3.72. The summed E-state index contributed by atoms with van der Waals surface area (Å²) in [5, 5.41) is 6.62. The van der Waals surface area contributed by atoms with Crippen molar-refractivity contribution in [2.75, 3.05) is 24.5 Å². The quantitative estimate of drug-likeness (QED) is 0.807. The highest BCUT2D eigenvalue weighted by atomic mass is 16.5. The number of hydrogen-bond acceptors (Lipinski definition) is 5. The highest BCUT2D eigenvalue weighted by Gasteiger charge is 2.17. The Kier molecular flexibility index (Phi) is 4.93. The summed E-state index contributed by atoms with van der Waals surface area (Å²) < 4.78 is 5.14. The van der Waals surface area contributed by atoms with Gasteiger partial charge in [-0.2, -0.15) is 4.98 Å². The second-order valence-electron chi connectivity index (χ2n) is 4.06. The van der Waals surface area contributed by atoms with Crippen LogP contribution in [0.1, 0.15) is 39.4 Å². The first kappa shape index (κ1) is 13.5. The van der Waals surface area contributed by atoms with Crippen molar-refractivity contribution in [1.82, 2.24) is 15.5 Å². The van der Waals surface area contributed by atoms with Crippen LogP contribution < -0.4 is 10.2 Å². The number of nitrogens with one attached hydrogen (secondary N) is 1. The van der Waals surface area contributed by atoms with Crippen LogP contribution in [0.5, 0.6) is 0 Å². The fourth-order valence-electron chi connectivity index (χ4n) is 1.33. The zero-order valence-electron chi connectivity index (χ0n) is 10.9. The Hall–Kier alpha value is -1.59. The van der Waals surface area contributed by atoms with Gasteiger partial charge in [-0.1, -0.05) is 19.0 Å².